The lowest BCUT2D eigenvalue weighted by molar-refractivity contribution is 0.233. The normalized spacial score (nSPS) is 14.4. The van der Waals surface area contributed by atoms with E-state index in [1.54, 1.807) is 12.4 Å². The molecule has 0 bridgehead atoms. The average Bonchev–Trinajstić information content (AvgIpc) is 3.38. The topological polar surface area (TPSA) is 72.9 Å². The first-order chi connectivity index (χ1) is 14.8. The average molecular weight is 400 g/mol. The highest BCUT2D eigenvalue weighted by molar-refractivity contribution is 5.57. The van der Waals surface area contributed by atoms with Crippen LogP contribution in [-0.2, 0) is 32.4 Å². The molecular formula is C23H24N6O. The number of pyridine rings is 1. The van der Waals surface area contributed by atoms with Crippen LogP contribution in [0.3, 0.4) is 0 Å². The van der Waals surface area contributed by atoms with Crippen molar-refractivity contribution in [2.75, 3.05) is 13.1 Å². The highest BCUT2D eigenvalue weighted by Gasteiger charge is 2.19. The minimum absolute atomic E-state index is 0.735. The highest BCUT2D eigenvalue weighted by atomic mass is 16.5. The Hall–Kier alpha value is -3.32. The molecule has 152 valence electrons. The van der Waals surface area contributed by atoms with E-state index in [4.69, 9.17) is 14.6 Å². The smallest absolute Gasteiger partial charge is 0.151 e. The summed E-state index contributed by atoms with van der Waals surface area (Å²) >= 11 is 0. The molecule has 7 heteroatoms. The van der Waals surface area contributed by atoms with Gasteiger partial charge in [-0.2, -0.15) is 5.10 Å². The summed E-state index contributed by atoms with van der Waals surface area (Å²) in [5.74, 6) is 2.89. The van der Waals surface area contributed by atoms with Gasteiger partial charge in [0.15, 0.2) is 11.6 Å². The van der Waals surface area contributed by atoms with Crippen LogP contribution in [0.2, 0.25) is 0 Å². The number of hydrogen-bond acceptors (Lipinski definition) is 6. The third-order valence-electron chi connectivity index (χ3n) is 5.45. The molecule has 1 aliphatic rings. The SMILES string of the molecule is c1ccc(CCc2nc3n(n2)CCN(Cc2cc(-c4cccnc4)no2)CC3)cc1. The van der Waals surface area contributed by atoms with E-state index < -0.39 is 0 Å². The number of rotatable bonds is 6. The lowest BCUT2D eigenvalue weighted by atomic mass is 10.1. The van der Waals surface area contributed by atoms with Gasteiger partial charge in [-0.05, 0) is 24.1 Å². The molecule has 0 amide bonds. The number of aromatic nitrogens is 5. The van der Waals surface area contributed by atoms with E-state index in [-0.39, 0.29) is 0 Å². The fourth-order valence-corrected chi connectivity index (χ4v) is 3.82. The van der Waals surface area contributed by atoms with Crippen LogP contribution in [0.5, 0.6) is 0 Å². The zero-order chi connectivity index (χ0) is 20.2. The Labute approximate surface area is 175 Å². The van der Waals surface area contributed by atoms with Crippen LogP contribution >= 0.6 is 0 Å². The number of hydrogen-bond donors (Lipinski definition) is 0. The van der Waals surface area contributed by atoms with Gasteiger partial charge in [-0.1, -0.05) is 35.5 Å². The van der Waals surface area contributed by atoms with Crippen molar-refractivity contribution in [1.82, 2.24) is 29.8 Å². The summed E-state index contributed by atoms with van der Waals surface area (Å²) in [5, 5.41) is 8.94. The second kappa shape index (κ2) is 8.59. The number of fused-ring (bicyclic) bond motifs is 1. The van der Waals surface area contributed by atoms with Gasteiger partial charge in [-0.25, -0.2) is 9.67 Å². The molecule has 0 radical (unpaired) electrons. The van der Waals surface area contributed by atoms with E-state index in [1.807, 2.05) is 24.3 Å². The molecule has 30 heavy (non-hydrogen) atoms. The third kappa shape index (κ3) is 4.31. The van der Waals surface area contributed by atoms with Gasteiger partial charge in [-0.15, -0.1) is 0 Å². The lowest BCUT2D eigenvalue weighted by Crippen LogP contribution is -2.26. The van der Waals surface area contributed by atoms with Crippen molar-refractivity contribution >= 4 is 0 Å². The van der Waals surface area contributed by atoms with Crippen LogP contribution in [0.4, 0.5) is 0 Å². The number of aryl methyl sites for hydroxylation is 2. The second-order valence-electron chi connectivity index (χ2n) is 7.60. The van der Waals surface area contributed by atoms with Crippen LogP contribution in [0.1, 0.15) is 23.0 Å². The number of benzene rings is 1. The predicted molar refractivity (Wildman–Crippen MR) is 113 cm³/mol. The monoisotopic (exact) mass is 400 g/mol. The van der Waals surface area contributed by atoms with Gasteiger partial charge >= 0.3 is 0 Å². The summed E-state index contributed by atoms with van der Waals surface area (Å²) in [5.41, 5.74) is 3.12. The van der Waals surface area contributed by atoms with Crippen molar-refractivity contribution in [1.29, 1.82) is 0 Å². The van der Waals surface area contributed by atoms with Gasteiger partial charge < -0.3 is 4.52 Å². The van der Waals surface area contributed by atoms with Crippen LogP contribution in [0.15, 0.2) is 65.4 Å². The molecule has 0 spiro atoms. The van der Waals surface area contributed by atoms with Crippen molar-refractivity contribution in [3.63, 3.8) is 0 Å². The predicted octanol–water partition coefficient (Wildman–Crippen LogP) is 3.17. The van der Waals surface area contributed by atoms with E-state index in [2.05, 4.69) is 44.0 Å². The fraction of sp³-hybridized carbons (Fsp3) is 0.304. The molecule has 0 aliphatic carbocycles. The van der Waals surface area contributed by atoms with Crippen LogP contribution in [0.25, 0.3) is 11.3 Å². The van der Waals surface area contributed by atoms with Crippen molar-refractivity contribution in [3.05, 3.63) is 83.9 Å². The van der Waals surface area contributed by atoms with Gasteiger partial charge in [0.25, 0.3) is 0 Å². The zero-order valence-corrected chi connectivity index (χ0v) is 16.8. The highest BCUT2D eigenvalue weighted by Crippen LogP contribution is 2.19. The van der Waals surface area contributed by atoms with Crippen LogP contribution in [-0.4, -0.2) is 42.9 Å². The standard InChI is InChI=1S/C23H24N6O/c1-2-5-18(6-3-1)8-9-22-25-23-10-12-28(13-14-29(23)26-22)17-20-15-21(27-30-20)19-7-4-11-24-16-19/h1-7,11,15-16H,8-10,12-14,17H2. The fourth-order valence-electron chi connectivity index (χ4n) is 3.82. The Balaban J connectivity index is 1.18. The molecule has 5 rings (SSSR count). The van der Waals surface area contributed by atoms with E-state index in [0.717, 1.165) is 74.1 Å². The first-order valence-electron chi connectivity index (χ1n) is 10.4. The van der Waals surface area contributed by atoms with Crippen molar-refractivity contribution in [2.24, 2.45) is 0 Å². The molecule has 4 aromatic rings. The maximum Gasteiger partial charge on any atom is 0.151 e. The van der Waals surface area contributed by atoms with Gasteiger partial charge in [0.1, 0.15) is 11.5 Å². The molecular weight excluding hydrogens is 376 g/mol. The Morgan fingerprint density at radius 3 is 2.77 bits per heavy atom. The Morgan fingerprint density at radius 2 is 1.90 bits per heavy atom. The summed E-state index contributed by atoms with van der Waals surface area (Å²) in [6.45, 7) is 3.42. The maximum absolute atomic E-state index is 5.56. The Morgan fingerprint density at radius 1 is 0.967 bits per heavy atom. The molecule has 0 fully saturated rings. The molecule has 4 heterocycles. The van der Waals surface area contributed by atoms with Crippen LogP contribution < -0.4 is 0 Å². The van der Waals surface area contributed by atoms with E-state index in [9.17, 15) is 0 Å². The first-order valence-corrected chi connectivity index (χ1v) is 10.4. The van der Waals surface area contributed by atoms with Gasteiger partial charge in [0, 0.05) is 50.0 Å². The largest absolute Gasteiger partial charge is 0.359 e. The third-order valence-corrected chi connectivity index (χ3v) is 5.45. The lowest BCUT2D eigenvalue weighted by Gasteiger charge is -2.17. The van der Waals surface area contributed by atoms with Gasteiger partial charge in [0.05, 0.1) is 13.1 Å². The minimum Gasteiger partial charge on any atom is -0.359 e. The molecule has 1 aliphatic heterocycles. The summed E-state index contributed by atoms with van der Waals surface area (Å²) in [6.07, 6.45) is 6.30. The Bertz CT molecular complexity index is 1060. The van der Waals surface area contributed by atoms with E-state index in [1.165, 1.54) is 5.56 Å². The molecule has 0 saturated heterocycles. The molecule has 0 N–H and O–H groups in total. The molecule has 7 nitrogen and oxygen atoms in total. The minimum atomic E-state index is 0.735. The van der Waals surface area contributed by atoms with Crippen molar-refractivity contribution in [2.45, 2.75) is 32.4 Å². The zero-order valence-electron chi connectivity index (χ0n) is 16.8. The van der Waals surface area contributed by atoms with Gasteiger partial charge in [-0.3, -0.25) is 9.88 Å². The van der Waals surface area contributed by atoms with E-state index >= 15 is 0 Å². The summed E-state index contributed by atoms with van der Waals surface area (Å²) in [4.78, 5) is 11.3. The molecule has 0 saturated carbocycles. The van der Waals surface area contributed by atoms with Crippen molar-refractivity contribution in [3.8, 4) is 11.3 Å². The van der Waals surface area contributed by atoms with Crippen molar-refractivity contribution < 1.29 is 4.52 Å². The maximum atomic E-state index is 5.56. The molecule has 3 aromatic heterocycles. The molecule has 0 atom stereocenters. The van der Waals surface area contributed by atoms with Gasteiger partial charge in [0.2, 0.25) is 0 Å². The first kappa shape index (κ1) is 18.7. The molecule has 1 aromatic carbocycles. The van der Waals surface area contributed by atoms with Crippen LogP contribution in [0, 0.1) is 0 Å². The summed E-state index contributed by atoms with van der Waals surface area (Å²) in [7, 11) is 0. The second-order valence-corrected chi connectivity index (χ2v) is 7.60. The Kier molecular flexibility index (Phi) is 5.35. The number of nitrogens with zero attached hydrogens (tertiary/aromatic N) is 6. The molecule has 0 unspecified atom stereocenters. The summed E-state index contributed by atoms with van der Waals surface area (Å²) < 4.78 is 7.63. The quantitative estimate of drug-likeness (QED) is 0.495. The summed E-state index contributed by atoms with van der Waals surface area (Å²) in [6, 6.07) is 16.4. The van der Waals surface area contributed by atoms with E-state index in [0.29, 0.717) is 0 Å².